The SMILES string of the molecule is CC(C)(C)C(CC(=O)O)Nc1ccnc(-c2nn(C(c3ccccc3)(c3ccccc3)c3ccccc3)c3ncc(F)cc23)n1. The van der Waals surface area contributed by atoms with Crippen LogP contribution in [0.1, 0.15) is 43.9 Å². The number of hydrogen-bond acceptors (Lipinski definition) is 6. The maximum absolute atomic E-state index is 14.9. The van der Waals surface area contributed by atoms with Gasteiger partial charge in [-0.15, -0.1) is 0 Å². The number of halogens is 1. The van der Waals surface area contributed by atoms with E-state index in [9.17, 15) is 14.3 Å². The first-order chi connectivity index (χ1) is 21.7. The van der Waals surface area contributed by atoms with E-state index in [1.807, 2.05) is 116 Å². The van der Waals surface area contributed by atoms with Crippen molar-refractivity contribution in [1.29, 1.82) is 0 Å². The number of carbonyl (C=O) groups is 1. The predicted molar refractivity (Wildman–Crippen MR) is 172 cm³/mol. The van der Waals surface area contributed by atoms with Crippen molar-refractivity contribution in [3.8, 4) is 11.5 Å². The van der Waals surface area contributed by atoms with Gasteiger partial charge in [-0.25, -0.2) is 24.0 Å². The number of pyridine rings is 1. The molecule has 0 radical (unpaired) electrons. The molecule has 0 amide bonds. The van der Waals surface area contributed by atoms with E-state index in [1.54, 1.807) is 12.3 Å². The molecule has 9 heteroatoms. The summed E-state index contributed by atoms with van der Waals surface area (Å²) in [5, 5.41) is 18.4. The highest BCUT2D eigenvalue weighted by Crippen LogP contribution is 2.43. The fraction of sp³-hybridized carbons (Fsp3) is 0.194. The van der Waals surface area contributed by atoms with Crippen LogP contribution in [-0.2, 0) is 10.3 Å². The Morgan fingerprint density at radius 2 is 1.42 bits per heavy atom. The molecule has 6 rings (SSSR count). The fourth-order valence-electron chi connectivity index (χ4n) is 5.76. The van der Waals surface area contributed by atoms with Gasteiger partial charge in [0, 0.05) is 12.2 Å². The molecule has 0 fully saturated rings. The largest absolute Gasteiger partial charge is 0.481 e. The quantitative estimate of drug-likeness (QED) is 0.170. The molecule has 1 atom stereocenters. The number of rotatable bonds is 9. The Morgan fingerprint density at radius 1 is 0.867 bits per heavy atom. The molecule has 0 aliphatic heterocycles. The van der Waals surface area contributed by atoms with Gasteiger partial charge < -0.3 is 10.4 Å². The van der Waals surface area contributed by atoms with Gasteiger partial charge in [0.2, 0.25) is 0 Å². The van der Waals surface area contributed by atoms with Crippen LogP contribution in [0.15, 0.2) is 116 Å². The van der Waals surface area contributed by atoms with Crippen LogP contribution < -0.4 is 5.32 Å². The van der Waals surface area contributed by atoms with Crippen LogP contribution in [0.3, 0.4) is 0 Å². The number of hydrogen-bond donors (Lipinski definition) is 2. The molecule has 0 bridgehead atoms. The lowest BCUT2D eigenvalue weighted by Crippen LogP contribution is -2.38. The Hall–Kier alpha value is -5.44. The molecule has 3 aromatic carbocycles. The summed E-state index contributed by atoms with van der Waals surface area (Å²) in [6.45, 7) is 5.90. The van der Waals surface area contributed by atoms with Crippen LogP contribution in [0, 0.1) is 11.2 Å². The highest BCUT2D eigenvalue weighted by Gasteiger charge is 2.41. The van der Waals surface area contributed by atoms with Gasteiger partial charge >= 0.3 is 5.97 Å². The second-order valence-corrected chi connectivity index (χ2v) is 12.0. The van der Waals surface area contributed by atoms with Gasteiger partial charge in [0.25, 0.3) is 0 Å². The zero-order valence-corrected chi connectivity index (χ0v) is 25.2. The molecule has 0 saturated carbocycles. The molecule has 1 unspecified atom stereocenters. The van der Waals surface area contributed by atoms with Gasteiger partial charge in [-0.3, -0.25) is 4.79 Å². The van der Waals surface area contributed by atoms with E-state index < -0.39 is 23.4 Å². The maximum Gasteiger partial charge on any atom is 0.305 e. The molecule has 45 heavy (non-hydrogen) atoms. The minimum atomic E-state index is -1.00. The second-order valence-electron chi connectivity index (χ2n) is 12.0. The first-order valence-corrected chi connectivity index (χ1v) is 14.7. The van der Waals surface area contributed by atoms with Crippen molar-refractivity contribution in [2.24, 2.45) is 5.41 Å². The Labute approximate surface area is 260 Å². The van der Waals surface area contributed by atoms with Crippen LogP contribution in [0.2, 0.25) is 0 Å². The van der Waals surface area contributed by atoms with Gasteiger partial charge in [0.15, 0.2) is 11.5 Å². The summed E-state index contributed by atoms with van der Waals surface area (Å²) in [6.07, 6.45) is 2.68. The minimum Gasteiger partial charge on any atom is -0.481 e. The van der Waals surface area contributed by atoms with Crippen molar-refractivity contribution >= 4 is 22.8 Å². The van der Waals surface area contributed by atoms with Crippen LogP contribution >= 0.6 is 0 Å². The highest BCUT2D eigenvalue weighted by molar-refractivity contribution is 5.90. The number of nitrogens with one attached hydrogen (secondary N) is 1. The molecular weight excluding hydrogens is 567 g/mol. The van der Waals surface area contributed by atoms with Crippen LogP contribution in [0.5, 0.6) is 0 Å². The van der Waals surface area contributed by atoms with E-state index in [1.165, 1.54) is 12.3 Å². The Kier molecular flexibility index (Phi) is 7.85. The smallest absolute Gasteiger partial charge is 0.305 e. The first-order valence-electron chi connectivity index (χ1n) is 14.7. The van der Waals surface area contributed by atoms with E-state index >= 15 is 0 Å². The second kappa shape index (κ2) is 11.9. The number of carboxylic acid groups (broad SMARTS) is 1. The number of aliphatic carboxylic acids is 1. The summed E-state index contributed by atoms with van der Waals surface area (Å²) in [5.74, 6) is -0.741. The summed E-state index contributed by atoms with van der Waals surface area (Å²) < 4.78 is 16.7. The van der Waals surface area contributed by atoms with E-state index in [0.29, 0.717) is 22.5 Å². The van der Waals surface area contributed by atoms with Gasteiger partial charge in [-0.1, -0.05) is 112 Å². The van der Waals surface area contributed by atoms with Gasteiger partial charge in [-0.2, -0.15) is 5.10 Å². The third kappa shape index (κ3) is 5.64. The summed E-state index contributed by atoms with van der Waals surface area (Å²) in [4.78, 5) is 25.5. The Bertz CT molecular complexity index is 1840. The highest BCUT2D eigenvalue weighted by atomic mass is 19.1. The molecule has 0 aliphatic carbocycles. The predicted octanol–water partition coefficient (Wildman–Crippen LogP) is 7.17. The zero-order chi connectivity index (χ0) is 31.6. The fourth-order valence-corrected chi connectivity index (χ4v) is 5.76. The third-order valence-corrected chi connectivity index (χ3v) is 8.00. The van der Waals surface area contributed by atoms with Crippen LogP contribution in [-0.4, -0.2) is 41.9 Å². The third-order valence-electron chi connectivity index (χ3n) is 8.00. The van der Waals surface area contributed by atoms with Crippen molar-refractivity contribution < 1.29 is 14.3 Å². The average molecular weight is 601 g/mol. The first kappa shape index (κ1) is 29.6. The molecular formula is C36H33FN6O2. The number of benzene rings is 3. The lowest BCUT2D eigenvalue weighted by atomic mass is 9.77. The van der Waals surface area contributed by atoms with E-state index in [2.05, 4.69) is 15.3 Å². The minimum absolute atomic E-state index is 0.0940. The number of anilines is 1. The number of fused-ring (bicyclic) bond motifs is 1. The maximum atomic E-state index is 14.9. The molecule has 3 heterocycles. The van der Waals surface area contributed by atoms with Crippen LogP contribution in [0.4, 0.5) is 10.2 Å². The number of aromatic nitrogens is 5. The van der Waals surface area contributed by atoms with Crippen molar-refractivity contribution in [2.75, 3.05) is 5.32 Å². The summed E-state index contributed by atoms with van der Waals surface area (Å²) in [7, 11) is 0. The Morgan fingerprint density at radius 3 is 1.93 bits per heavy atom. The summed E-state index contributed by atoms with van der Waals surface area (Å²) in [5.41, 5.74) is 2.22. The molecule has 3 aromatic heterocycles. The lowest BCUT2D eigenvalue weighted by Gasteiger charge is -2.36. The van der Waals surface area contributed by atoms with Crippen molar-refractivity contribution in [1.82, 2.24) is 24.7 Å². The Balaban J connectivity index is 1.62. The normalized spacial score (nSPS) is 12.6. The molecule has 0 aliphatic rings. The summed E-state index contributed by atoms with van der Waals surface area (Å²) >= 11 is 0. The van der Waals surface area contributed by atoms with Gasteiger partial charge in [-0.05, 0) is 34.2 Å². The number of nitrogens with zero attached hydrogens (tertiary/aromatic N) is 5. The molecule has 8 nitrogen and oxygen atoms in total. The molecule has 0 spiro atoms. The van der Waals surface area contributed by atoms with Gasteiger partial charge in [0.1, 0.15) is 22.9 Å². The standard InChI is InChI=1S/C36H33FN6O2/c1-35(2,3)29(22-31(44)45)40-30-19-20-38-33(41-30)32-28-21-27(37)23-39-34(28)43(42-32)36(24-13-7-4-8-14-24,25-15-9-5-10-16-25)26-17-11-6-12-18-26/h4-21,23,29H,22H2,1-3H3,(H,44,45)(H,38,40,41). The van der Waals surface area contributed by atoms with E-state index in [4.69, 9.17) is 10.1 Å². The van der Waals surface area contributed by atoms with Crippen molar-refractivity contribution in [2.45, 2.75) is 38.8 Å². The number of carboxylic acids is 1. The average Bonchev–Trinajstić information content (AvgIpc) is 3.41. The summed E-state index contributed by atoms with van der Waals surface area (Å²) in [6, 6.07) is 32.8. The van der Waals surface area contributed by atoms with Crippen molar-refractivity contribution in [3.05, 3.63) is 138 Å². The lowest BCUT2D eigenvalue weighted by molar-refractivity contribution is -0.137. The monoisotopic (exact) mass is 600 g/mol. The molecule has 2 N–H and O–H groups in total. The van der Waals surface area contributed by atoms with E-state index in [0.717, 1.165) is 16.7 Å². The van der Waals surface area contributed by atoms with Crippen molar-refractivity contribution in [3.63, 3.8) is 0 Å². The van der Waals surface area contributed by atoms with E-state index in [-0.39, 0.29) is 17.7 Å². The van der Waals surface area contributed by atoms with Gasteiger partial charge in [0.05, 0.1) is 18.0 Å². The molecule has 6 aromatic rings. The topological polar surface area (TPSA) is 106 Å². The zero-order valence-electron chi connectivity index (χ0n) is 25.2. The molecule has 0 saturated heterocycles. The molecule has 226 valence electrons. The van der Waals surface area contributed by atoms with Crippen LogP contribution in [0.25, 0.3) is 22.6 Å².